The van der Waals surface area contributed by atoms with Crippen LogP contribution in [0.25, 0.3) is 0 Å². The third kappa shape index (κ3) is 3.12. The molecule has 0 atom stereocenters. The molecule has 0 aromatic heterocycles. The van der Waals surface area contributed by atoms with E-state index in [9.17, 15) is 13.2 Å². The highest BCUT2D eigenvalue weighted by Gasteiger charge is 2.08. The van der Waals surface area contributed by atoms with E-state index in [-0.39, 0.29) is 28.5 Å². The lowest BCUT2D eigenvalue weighted by Gasteiger charge is -2.11. The van der Waals surface area contributed by atoms with Gasteiger partial charge in [0, 0.05) is 18.2 Å². The summed E-state index contributed by atoms with van der Waals surface area (Å²) in [4.78, 5) is 0. The van der Waals surface area contributed by atoms with Gasteiger partial charge in [-0.05, 0) is 24.3 Å². The van der Waals surface area contributed by atoms with Crippen molar-refractivity contribution >= 4 is 23.0 Å². The molecule has 0 spiro atoms. The average Bonchev–Trinajstić information content (AvgIpc) is 2.36. The van der Waals surface area contributed by atoms with E-state index in [1.807, 2.05) is 0 Å². The van der Waals surface area contributed by atoms with Gasteiger partial charge >= 0.3 is 0 Å². The largest absolute Gasteiger partial charge is 0.397 e. The molecule has 0 amide bonds. The van der Waals surface area contributed by atoms with Crippen molar-refractivity contribution in [1.82, 2.24) is 0 Å². The molecule has 0 radical (unpaired) electrons. The van der Waals surface area contributed by atoms with Crippen molar-refractivity contribution in [3.63, 3.8) is 0 Å². The molecule has 0 aliphatic heterocycles. The molecule has 19 heavy (non-hydrogen) atoms. The fourth-order valence-electron chi connectivity index (χ4n) is 1.58. The van der Waals surface area contributed by atoms with Gasteiger partial charge in [-0.2, -0.15) is 0 Å². The summed E-state index contributed by atoms with van der Waals surface area (Å²) in [5.41, 5.74) is 6.26. The van der Waals surface area contributed by atoms with Gasteiger partial charge in [0.25, 0.3) is 0 Å². The second-order valence-electron chi connectivity index (χ2n) is 3.94. The minimum Gasteiger partial charge on any atom is -0.397 e. The molecule has 6 heteroatoms. The third-order valence-electron chi connectivity index (χ3n) is 2.57. The summed E-state index contributed by atoms with van der Waals surface area (Å²) in [6.45, 7) is -0.0190. The maximum atomic E-state index is 13.4. The molecular weight excluding hydrogens is 277 g/mol. The first-order valence-corrected chi connectivity index (χ1v) is 5.77. The molecule has 0 aliphatic carbocycles. The van der Waals surface area contributed by atoms with Crippen molar-refractivity contribution in [2.75, 3.05) is 11.1 Å². The Kier molecular flexibility index (Phi) is 3.85. The zero-order chi connectivity index (χ0) is 14.0. The lowest BCUT2D eigenvalue weighted by Crippen LogP contribution is -2.05. The molecule has 0 unspecified atom stereocenters. The van der Waals surface area contributed by atoms with Crippen LogP contribution in [0.2, 0.25) is 5.02 Å². The summed E-state index contributed by atoms with van der Waals surface area (Å²) < 4.78 is 39.6. The SMILES string of the molecule is Nc1cc(Cl)c(F)cc1NCc1cc(F)ccc1F. The predicted octanol–water partition coefficient (Wildman–Crippen LogP) is 3.95. The normalized spacial score (nSPS) is 10.5. The number of nitrogen functional groups attached to an aromatic ring is 1. The Balaban J connectivity index is 2.19. The molecule has 0 saturated heterocycles. The first-order chi connectivity index (χ1) is 8.97. The van der Waals surface area contributed by atoms with E-state index in [2.05, 4.69) is 5.32 Å². The first-order valence-electron chi connectivity index (χ1n) is 5.39. The fourth-order valence-corrected chi connectivity index (χ4v) is 1.76. The zero-order valence-electron chi connectivity index (χ0n) is 9.68. The van der Waals surface area contributed by atoms with Crippen LogP contribution in [0, 0.1) is 17.5 Å². The van der Waals surface area contributed by atoms with Crippen LogP contribution < -0.4 is 11.1 Å². The molecule has 100 valence electrons. The van der Waals surface area contributed by atoms with Crippen molar-refractivity contribution < 1.29 is 13.2 Å². The van der Waals surface area contributed by atoms with Crippen molar-refractivity contribution in [3.05, 3.63) is 58.4 Å². The summed E-state index contributed by atoms with van der Waals surface area (Å²) >= 11 is 5.56. The third-order valence-corrected chi connectivity index (χ3v) is 2.86. The molecule has 2 nitrogen and oxygen atoms in total. The van der Waals surface area contributed by atoms with Gasteiger partial charge in [0.05, 0.1) is 16.4 Å². The van der Waals surface area contributed by atoms with Crippen LogP contribution >= 0.6 is 11.6 Å². The Morgan fingerprint density at radius 3 is 2.53 bits per heavy atom. The van der Waals surface area contributed by atoms with Gasteiger partial charge in [-0.1, -0.05) is 11.6 Å². The molecule has 2 aromatic carbocycles. The molecule has 2 rings (SSSR count). The molecule has 0 saturated carbocycles. The number of hydrogen-bond donors (Lipinski definition) is 2. The van der Waals surface area contributed by atoms with Crippen LogP contribution in [-0.2, 0) is 6.54 Å². The highest BCUT2D eigenvalue weighted by atomic mass is 35.5. The Hall–Kier alpha value is -1.88. The van der Waals surface area contributed by atoms with Crippen molar-refractivity contribution in [3.8, 4) is 0 Å². The zero-order valence-corrected chi connectivity index (χ0v) is 10.4. The van der Waals surface area contributed by atoms with E-state index in [1.54, 1.807) is 0 Å². The maximum Gasteiger partial charge on any atom is 0.143 e. The summed E-state index contributed by atoms with van der Waals surface area (Å²) in [6.07, 6.45) is 0. The van der Waals surface area contributed by atoms with E-state index >= 15 is 0 Å². The number of hydrogen-bond acceptors (Lipinski definition) is 2. The molecular formula is C13H10ClF3N2. The van der Waals surface area contributed by atoms with Gasteiger partial charge in [0.1, 0.15) is 17.5 Å². The van der Waals surface area contributed by atoms with Crippen LogP contribution in [0.1, 0.15) is 5.56 Å². The molecule has 0 bridgehead atoms. The lowest BCUT2D eigenvalue weighted by molar-refractivity contribution is 0.587. The van der Waals surface area contributed by atoms with Crippen LogP contribution in [-0.4, -0.2) is 0 Å². The van der Waals surface area contributed by atoms with E-state index in [4.69, 9.17) is 17.3 Å². The van der Waals surface area contributed by atoms with Crippen molar-refractivity contribution in [2.24, 2.45) is 0 Å². The van der Waals surface area contributed by atoms with Gasteiger partial charge in [-0.25, -0.2) is 13.2 Å². The monoisotopic (exact) mass is 286 g/mol. The molecule has 0 aliphatic rings. The Bertz CT molecular complexity index is 617. The standard InChI is InChI=1S/C13H10ClF3N2/c14-9-4-12(18)13(5-11(9)17)19-6-7-3-8(15)1-2-10(7)16/h1-5,19H,6,18H2. The summed E-state index contributed by atoms with van der Waals surface area (Å²) in [5.74, 6) is -1.74. The molecule has 2 aromatic rings. The Morgan fingerprint density at radius 1 is 1.05 bits per heavy atom. The predicted molar refractivity (Wildman–Crippen MR) is 69.5 cm³/mol. The minimum absolute atomic E-state index is 0.0190. The van der Waals surface area contributed by atoms with E-state index < -0.39 is 17.5 Å². The second-order valence-corrected chi connectivity index (χ2v) is 4.35. The maximum absolute atomic E-state index is 13.4. The van der Waals surface area contributed by atoms with Crippen molar-refractivity contribution in [2.45, 2.75) is 6.54 Å². The van der Waals surface area contributed by atoms with Crippen LogP contribution in [0.4, 0.5) is 24.5 Å². The highest BCUT2D eigenvalue weighted by Crippen LogP contribution is 2.26. The van der Waals surface area contributed by atoms with Crippen LogP contribution in [0.3, 0.4) is 0 Å². The first kappa shape index (κ1) is 13.5. The number of rotatable bonds is 3. The number of nitrogens with two attached hydrogens (primary N) is 1. The van der Waals surface area contributed by atoms with Crippen molar-refractivity contribution in [1.29, 1.82) is 0 Å². The number of nitrogens with one attached hydrogen (secondary N) is 1. The number of anilines is 2. The quantitative estimate of drug-likeness (QED) is 0.839. The summed E-state index contributed by atoms with van der Waals surface area (Å²) in [7, 11) is 0. The molecule has 3 N–H and O–H groups in total. The molecule has 0 fully saturated rings. The van der Waals surface area contributed by atoms with Crippen LogP contribution in [0.15, 0.2) is 30.3 Å². The summed E-state index contributed by atoms with van der Waals surface area (Å²) in [6, 6.07) is 5.47. The van der Waals surface area contributed by atoms with E-state index in [0.717, 1.165) is 24.3 Å². The Labute approximate surface area is 113 Å². The lowest BCUT2D eigenvalue weighted by atomic mass is 10.2. The fraction of sp³-hybridized carbons (Fsp3) is 0.0769. The van der Waals surface area contributed by atoms with Gasteiger partial charge < -0.3 is 11.1 Å². The van der Waals surface area contributed by atoms with Gasteiger partial charge in [0.2, 0.25) is 0 Å². The smallest absolute Gasteiger partial charge is 0.143 e. The minimum atomic E-state index is -0.641. The van der Waals surface area contributed by atoms with Gasteiger partial charge in [-0.3, -0.25) is 0 Å². The number of benzene rings is 2. The van der Waals surface area contributed by atoms with Crippen LogP contribution in [0.5, 0.6) is 0 Å². The van der Waals surface area contributed by atoms with Gasteiger partial charge in [-0.15, -0.1) is 0 Å². The molecule has 0 heterocycles. The second kappa shape index (κ2) is 5.40. The van der Waals surface area contributed by atoms with E-state index in [1.165, 1.54) is 6.07 Å². The topological polar surface area (TPSA) is 38.0 Å². The number of halogens is 4. The average molecular weight is 287 g/mol. The van der Waals surface area contributed by atoms with Gasteiger partial charge in [0.15, 0.2) is 0 Å². The Morgan fingerprint density at radius 2 is 1.79 bits per heavy atom. The summed E-state index contributed by atoms with van der Waals surface area (Å²) in [5, 5.41) is 2.64. The highest BCUT2D eigenvalue weighted by molar-refractivity contribution is 6.31. The van der Waals surface area contributed by atoms with E-state index in [0.29, 0.717) is 0 Å².